The van der Waals surface area contributed by atoms with Gasteiger partial charge in [-0.3, -0.25) is 0 Å². The van der Waals surface area contributed by atoms with Crippen LogP contribution in [0.1, 0.15) is 68.4 Å². The van der Waals surface area contributed by atoms with Crippen LogP contribution in [0, 0.1) is 5.41 Å². The van der Waals surface area contributed by atoms with E-state index >= 15 is 0 Å². The molecule has 0 bridgehead atoms. The minimum atomic E-state index is -0.275. The molecule has 0 spiro atoms. The quantitative estimate of drug-likeness (QED) is 0.713. The Kier molecular flexibility index (Phi) is 6.31. The summed E-state index contributed by atoms with van der Waals surface area (Å²) in [7, 11) is 0. The van der Waals surface area contributed by atoms with Gasteiger partial charge in [0.2, 0.25) is 0 Å². The van der Waals surface area contributed by atoms with Crippen molar-refractivity contribution in [3.05, 3.63) is 34.9 Å². The molecule has 154 valence electrons. The summed E-state index contributed by atoms with van der Waals surface area (Å²) in [5.41, 5.74) is 2.95. The van der Waals surface area contributed by atoms with E-state index in [1.165, 1.54) is 17.5 Å². The molecule has 1 aromatic carbocycles. The van der Waals surface area contributed by atoms with Crippen LogP contribution < -0.4 is 0 Å². The molecule has 0 radical (unpaired) electrons. The highest BCUT2D eigenvalue weighted by molar-refractivity contribution is 5.89. The number of esters is 1. The van der Waals surface area contributed by atoms with Gasteiger partial charge in [0.05, 0.1) is 12.2 Å². The maximum absolute atomic E-state index is 13.4. The van der Waals surface area contributed by atoms with Crippen LogP contribution in [0.3, 0.4) is 0 Å². The van der Waals surface area contributed by atoms with E-state index in [-0.39, 0.29) is 23.5 Å². The van der Waals surface area contributed by atoms with Crippen LogP contribution >= 0.6 is 0 Å². The van der Waals surface area contributed by atoms with Crippen molar-refractivity contribution in [2.45, 2.75) is 65.8 Å². The second-order valence-electron chi connectivity index (χ2n) is 9.06. The van der Waals surface area contributed by atoms with Crippen molar-refractivity contribution in [1.82, 2.24) is 9.80 Å². The molecule has 5 heteroatoms. The summed E-state index contributed by atoms with van der Waals surface area (Å²) >= 11 is 0. The molecule has 1 unspecified atom stereocenters. The molecule has 1 saturated heterocycles. The summed E-state index contributed by atoms with van der Waals surface area (Å²) in [4.78, 5) is 29.7. The highest BCUT2D eigenvalue weighted by Gasteiger charge is 2.37. The van der Waals surface area contributed by atoms with Crippen LogP contribution in [-0.2, 0) is 17.6 Å². The predicted molar refractivity (Wildman–Crippen MR) is 111 cm³/mol. The standard InChI is InChI=1S/C23H34N2O3/c1-5-28-21(26)18-10-9-17-11-14-25(22(27)24-12-7-6-8-13-24)20(23(2,3)4)16-19(17)15-18/h9-10,15,20H,5-8,11-14,16H2,1-4H3. The van der Waals surface area contributed by atoms with Gasteiger partial charge >= 0.3 is 12.0 Å². The second kappa shape index (κ2) is 8.54. The number of nitrogens with zero attached hydrogens (tertiary/aromatic N) is 2. The Morgan fingerprint density at radius 3 is 2.43 bits per heavy atom. The van der Waals surface area contributed by atoms with Gasteiger partial charge in [-0.15, -0.1) is 0 Å². The van der Waals surface area contributed by atoms with E-state index in [9.17, 15) is 9.59 Å². The van der Waals surface area contributed by atoms with Gasteiger partial charge in [0, 0.05) is 25.7 Å². The molecule has 0 aliphatic carbocycles. The normalized spacial score (nSPS) is 20.4. The Balaban J connectivity index is 1.88. The van der Waals surface area contributed by atoms with Crippen molar-refractivity contribution in [3.8, 4) is 0 Å². The zero-order valence-corrected chi connectivity index (χ0v) is 17.8. The third kappa shape index (κ3) is 4.50. The van der Waals surface area contributed by atoms with Gasteiger partial charge in [0.25, 0.3) is 0 Å². The number of hydrogen-bond acceptors (Lipinski definition) is 3. The Labute approximate surface area is 169 Å². The third-order valence-corrected chi connectivity index (χ3v) is 6.00. The average Bonchev–Trinajstić information content (AvgIpc) is 2.87. The molecule has 1 fully saturated rings. The number of rotatable bonds is 2. The lowest BCUT2D eigenvalue weighted by Crippen LogP contribution is -2.54. The number of likely N-dealkylation sites (tertiary alicyclic amines) is 1. The molecule has 2 amide bonds. The molecule has 2 aliphatic rings. The number of urea groups is 1. The lowest BCUT2D eigenvalue weighted by molar-refractivity contribution is 0.0526. The highest BCUT2D eigenvalue weighted by Crippen LogP contribution is 2.33. The lowest BCUT2D eigenvalue weighted by atomic mass is 9.81. The Morgan fingerprint density at radius 1 is 1.07 bits per heavy atom. The first-order valence-electron chi connectivity index (χ1n) is 10.7. The van der Waals surface area contributed by atoms with Gasteiger partial charge in [-0.1, -0.05) is 26.8 Å². The number of piperidine rings is 1. The molecule has 3 rings (SSSR count). The smallest absolute Gasteiger partial charge is 0.338 e. The summed E-state index contributed by atoms with van der Waals surface area (Å²) in [5.74, 6) is -0.275. The van der Waals surface area contributed by atoms with E-state index in [0.717, 1.165) is 45.3 Å². The fraction of sp³-hybridized carbons (Fsp3) is 0.652. The minimum absolute atomic E-state index is 0.0486. The first-order chi connectivity index (χ1) is 13.3. The lowest BCUT2D eigenvalue weighted by Gasteiger charge is -2.42. The van der Waals surface area contributed by atoms with E-state index in [1.807, 2.05) is 30.0 Å². The fourth-order valence-electron chi connectivity index (χ4n) is 4.39. The second-order valence-corrected chi connectivity index (χ2v) is 9.06. The first kappa shape index (κ1) is 20.7. The fourth-order valence-corrected chi connectivity index (χ4v) is 4.39. The molecule has 0 N–H and O–H groups in total. The Bertz CT molecular complexity index is 717. The van der Waals surface area contributed by atoms with Crippen molar-refractivity contribution >= 4 is 12.0 Å². The zero-order chi connectivity index (χ0) is 20.3. The topological polar surface area (TPSA) is 49.9 Å². The van der Waals surface area contributed by atoms with E-state index in [0.29, 0.717) is 12.2 Å². The molecule has 0 saturated carbocycles. The Hall–Kier alpha value is -2.04. The van der Waals surface area contributed by atoms with Gasteiger partial charge < -0.3 is 14.5 Å². The molecule has 0 aromatic heterocycles. The number of hydrogen-bond donors (Lipinski definition) is 0. The van der Waals surface area contributed by atoms with Crippen LogP contribution in [0.2, 0.25) is 0 Å². The maximum atomic E-state index is 13.4. The number of benzene rings is 1. The van der Waals surface area contributed by atoms with Crippen molar-refractivity contribution in [2.75, 3.05) is 26.2 Å². The minimum Gasteiger partial charge on any atom is -0.462 e. The van der Waals surface area contributed by atoms with Crippen molar-refractivity contribution in [3.63, 3.8) is 0 Å². The maximum Gasteiger partial charge on any atom is 0.338 e. The van der Waals surface area contributed by atoms with Gasteiger partial charge in [0.15, 0.2) is 0 Å². The number of carbonyl (C=O) groups is 2. The van der Waals surface area contributed by atoms with Crippen LogP contribution in [0.15, 0.2) is 18.2 Å². The van der Waals surface area contributed by atoms with Crippen molar-refractivity contribution < 1.29 is 14.3 Å². The van der Waals surface area contributed by atoms with Gasteiger partial charge in [-0.25, -0.2) is 9.59 Å². The predicted octanol–water partition coefficient (Wildman–Crippen LogP) is 4.28. The number of fused-ring (bicyclic) bond motifs is 1. The van der Waals surface area contributed by atoms with E-state index in [2.05, 4.69) is 25.7 Å². The largest absolute Gasteiger partial charge is 0.462 e. The number of ether oxygens (including phenoxy) is 1. The molecule has 5 nitrogen and oxygen atoms in total. The molecular formula is C23H34N2O3. The van der Waals surface area contributed by atoms with Crippen molar-refractivity contribution in [1.29, 1.82) is 0 Å². The summed E-state index contributed by atoms with van der Waals surface area (Å²) < 4.78 is 5.17. The molecule has 2 aliphatic heterocycles. The molecule has 28 heavy (non-hydrogen) atoms. The van der Waals surface area contributed by atoms with Gasteiger partial charge in [-0.05, 0) is 67.7 Å². The SMILES string of the molecule is CCOC(=O)c1ccc2c(c1)CC(C(C)(C)C)N(C(=O)N1CCCCC1)CC2. The summed E-state index contributed by atoms with van der Waals surface area (Å²) in [6, 6.07) is 6.14. The molecule has 1 aromatic rings. The summed E-state index contributed by atoms with van der Waals surface area (Å²) in [6.45, 7) is 11.3. The van der Waals surface area contributed by atoms with E-state index < -0.39 is 0 Å². The van der Waals surface area contributed by atoms with Crippen LogP contribution in [0.4, 0.5) is 4.79 Å². The Morgan fingerprint density at radius 2 is 1.79 bits per heavy atom. The highest BCUT2D eigenvalue weighted by atomic mass is 16.5. The average molecular weight is 387 g/mol. The summed E-state index contributed by atoms with van der Waals surface area (Å²) in [5, 5.41) is 0. The molecule has 1 atom stereocenters. The third-order valence-electron chi connectivity index (χ3n) is 6.00. The molecular weight excluding hydrogens is 352 g/mol. The number of amides is 2. The zero-order valence-electron chi connectivity index (χ0n) is 17.8. The number of carbonyl (C=O) groups excluding carboxylic acids is 2. The van der Waals surface area contributed by atoms with Crippen LogP contribution in [0.5, 0.6) is 0 Å². The van der Waals surface area contributed by atoms with Gasteiger partial charge in [-0.2, -0.15) is 0 Å². The first-order valence-corrected chi connectivity index (χ1v) is 10.7. The molecule has 2 heterocycles. The van der Waals surface area contributed by atoms with Crippen molar-refractivity contribution in [2.24, 2.45) is 5.41 Å². The van der Waals surface area contributed by atoms with Gasteiger partial charge in [0.1, 0.15) is 0 Å². The van der Waals surface area contributed by atoms with Crippen LogP contribution in [-0.4, -0.2) is 54.1 Å². The van der Waals surface area contributed by atoms with Crippen LogP contribution in [0.25, 0.3) is 0 Å². The van der Waals surface area contributed by atoms with E-state index in [4.69, 9.17) is 4.74 Å². The monoisotopic (exact) mass is 386 g/mol. The summed E-state index contributed by atoms with van der Waals surface area (Å²) in [6.07, 6.45) is 5.01. The van der Waals surface area contributed by atoms with E-state index in [1.54, 1.807) is 0 Å².